The van der Waals surface area contributed by atoms with Gasteiger partial charge in [-0.15, -0.1) is 4.31 Å². The lowest BCUT2D eigenvalue weighted by Crippen LogP contribution is -2.58. The lowest BCUT2D eigenvalue weighted by Gasteiger charge is -2.33. The lowest BCUT2D eigenvalue weighted by atomic mass is 10.1. The first-order valence-electron chi connectivity index (χ1n) is 8.07. The fraction of sp³-hybridized carbons (Fsp3) is 0.800. The first kappa shape index (κ1) is 23.8. The van der Waals surface area contributed by atoms with Gasteiger partial charge in [-0.2, -0.15) is 17.6 Å². The van der Waals surface area contributed by atoms with E-state index in [0.717, 1.165) is 32.6 Å². The Morgan fingerprint density at radius 1 is 1.08 bits per heavy atom. The number of likely N-dealkylation sites (N-methyl/N-ethyl adjacent to an activating group) is 1. The first-order chi connectivity index (χ1) is 11.5. The van der Waals surface area contributed by atoms with Crippen LogP contribution in [0, 0.1) is 0 Å². The van der Waals surface area contributed by atoms with E-state index in [1.54, 1.807) is 0 Å². The van der Waals surface area contributed by atoms with E-state index in [0.29, 0.717) is 6.42 Å². The van der Waals surface area contributed by atoms with Gasteiger partial charge in [0.25, 0.3) is 0 Å². The van der Waals surface area contributed by atoms with Crippen molar-refractivity contribution in [1.82, 2.24) is 4.31 Å². The van der Waals surface area contributed by atoms with Crippen LogP contribution in [0.4, 0.5) is 17.6 Å². The second-order valence-electron chi connectivity index (χ2n) is 5.43. The van der Waals surface area contributed by atoms with Crippen molar-refractivity contribution in [2.75, 3.05) is 12.3 Å². The summed E-state index contributed by atoms with van der Waals surface area (Å²) in [4.78, 5) is 10.8. The number of alkyl halides is 4. The molecule has 0 aromatic heterocycles. The van der Waals surface area contributed by atoms with Crippen LogP contribution in [0.5, 0.6) is 0 Å². The summed E-state index contributed by atoms with van der Waals surface area (Å²) < 4.78 is 82.0. The van der Waals surface area contributed by atoms with Crippen molar-refractivity contribution in [2.45, 2.75) is 64.5 Å². The Hall–Kier alpha value is -1.16. The number of rotatable bonds is 13. The molecule has 25 heavy (non-hydrogen) atoms. The molecule has 0 spiro atoms. The number of sulfonamides is 1. The average Bonchev–Trinajstić information content (AvgIpc) is 2.50. The number of halogens is 4. The van der Waals surface area contributed by atoms with Crippen LogP contribution in [0.25, 0.3) is 0 Å². The monoisotopic (exact) mass is 391 g/mol. The molecular weight excluding hydrogens is 366 g/mol. The molecule has 0 atom stereocenters. The predicted octanol–water partition coefficient (Wildman–Crippen LogP) is 3.91. The first-order valence-corrected chi connectivity index (χ1v) is 9.68. The Kier molecular flexibility index (Phi) is 9.63. The van der Waals surface area contributed by atoms with E-state index in [-0.39, 0.29) is 12.5 Å². The van der Waals surface area contributed by atoms with Gasteiger partial charge in [0.05, 0.1) is 5.75 Å². The summed E-state index contributed by atoms with van der Waals surface area (Å²) in [5.41, 5.74) is 0. The Bertz CT molecular complexity index is 538. The van der Waals surface area contributed by atoms with Crippen LogP contribution in [-0.4, -0.2) is 43.1 Å². The van der Waals surface area contributed by atoms with Gasteiger partial charge in [-0.05, 0) is 6.42 Å². The summed E-state index contributed by atoms with van der Waals surface area (Å²) in [6.45, 7) is 4.93. The molecule has 0 aliphatic heterocycles. The molecule has 0 aromatic carbocycles. The van der Waals surface area contributed by atoms with Gasteiger partial charge in [0, 0.05) is 12.6 Å². The van der Waals surface area contributed by atoms with Gasteiger partial charge >= 0.3 is 18.1 Å². The summed E-state index contributed by atoms with van der Waals surface area (Å²) in [6.07, 6.45) is -0.868. The van der Waals surface area contributed by atoms with Crippen LogP contribution in [0.2, 0.25) is 0 Å². The highest BCUT2D eigenvalue weighted by atomic mass is 32.2. The van der Waals surface area contributed by atoms with E-state index in [4.69, 9.17) is 0 Å². The lowest BCUT2D eigenvalue weighted by molar-refractivity contribution is -0.360. The fourth-order valence-electron chi connectivity index (χ4n) is 2.12. The third-order valence-electron chi connectivity index (χ3n) is 3.44. The van der Waals surface area contributed by atoms with Crippen molar-refractivity contribution >= 4 is 16.0 Å². The molecule has 0 radical (unpaired) electrons. The number of unbranched alkanes of at least 4 members (excludes halogenated alkanes) is 5. The number of hydrogen-bond donors (Lipinski definition) is 0. The minimum atomic E-state index is -5.32. The molecule has 148 valence electrons. The molecule has 5 nitrogen and oxygen atoms in total. The van der Waals surface area contributed by atoms with Crippen LogP contribution >= 0.6 is 0 Å². The SMILES string of the molecule is C=CC(=O)OC(F)(F)C(F)(F)N(CC)S(=O)(=O)CCCCCCCC. The quantitative estimate of drug-likeness (QED) is 0.157. The van der Waals surface area contributed by atoms with E-state index >= 15 is 0 Å². The Morgan fingerprint density at radius 3 is 2.08 bits per heavy atom. The zero-order chi connectivity index (χ0) is 19.7. The number of esters is 1. The fourth-order valence-corrected chi connectivity index (χ4v) is 3.76. The summed E-state index contributed by atoms with van der Waals surface area (Å²) in [5, 5.41) is 0. The third kappa shape index (κ3) is 6.93. The van der Waals surface area contributed by atoms with Crippen molar-refractivity contribution in [3.63, 3.8) is 0 Å². The summed E-state index contributed by atoms with van der Waals surface area (Å²) in [6, 6.07) is -5.21. The topological polar surface area (TPSA) is 63.7 Å². The second kappa shape index (κ2) is 10.1. The minimum Gasteiger partial charge on any atom is -0.392 e. The number of nitrogens with zero attached hydrogens (tertiary/aromatic N) is 1. The highest BCUT2D eigenvalue weighted by molar-refractivity contribution is 7.89. The standard InChI is InChI=1S/C15H25F4NO4S/c1-4-7-8-9-10-11-12-25(22,23)20(6-3)14(16,17)15(18,19)24-13(21)5-2/h5H,2,4,6-12H2,1,3H3. The summed E-state index contributed by atoms with van der Waals surface area (Å²) in [7, 11) is -4.66. The Labute approximate surface area is 146 Å². The largest absolute Gasteiger partial charge is 0.483 e. The molecule has 0 amide bonds. The number of carbonyl (C=O) groups excluding carboxylic acids is 1. The van der Waals surface area contributed by atoms with Gasteiger partial charge in [0.1, 0.15) is 0 Å². The van der Waals surface area contributed by atoms with E-state index in [1.807, 2.05) is 6.92 Å². The van der Waals surface area contributed by atoms with Gasteiger partial charge in [0.2, 0.25) is 10.0 Å². The van der Waals surface area contributed by atoms with Gasteiger partial charge in [-0.25, -0.2) is 13.2 Å². The molecule has 0 bridgehead atoms. The number of carbonyl (C=O) groups is 1. The number of hydrogen-bond acceptors (Lipinski definition) is 4. The maximum Gasteiger partial charge on any atom is 0.483 e. The van der Waals surface area contributed by atoms with Gasteiger partial charge in [0.15, 0.2) is 0 Å². The van der Waals surface area contributed by atoms with E-state index < -0.39 is 44.8 Å². The molecule has 0 aromatic rings. The predicted molar refractivity (Wildman–Crippen MR) is 85.7 cm³/mol. The molecule has 0 aliphatic carbocycles. The molecule has 10 heteroatoms. The van der Waals surface area contributed by atoms with Crippen LogP contribution in [0.1, 0.15) is 52.4 Å². The Balaban J connectivity index is 5.06. The maximum atomic E-state index is 14.0. The molecule has 0 fully saturated rings. The van der Waals surface area contributed by atoms with Crippen molar-refractivity contribution < 1.29 is 35.5 Å². The molecule has 0 saturated carbocycles. The second-order valence-corrected chi connectivity index (χ2v) is 7.44. The van der Waals surface area contributed by atoms with Gasteiger partial charge in [-0.3, -0.25) is 0 Å². The average molecular weight is 391 g/mol. The highest BCUT2D eigenvalue weighted by Gasteiger charge is 2.66. The van der Waals surface area contributed by atoms with Crippen molar-refractivity contribution in [3.8, 4) is 0 Å². The highest BCUT2D eigenvalue weighted by Crippen LogP contribution is 2.40. The minimum absolute atomic E-state index is 0.0800. The normalized spacial score (nSPS) is 13.1. The summed E-state index contributed by atoms with van der Waals surface area (Å²) in [5.74, 6) is -2.47. The van der Waals surface area contributed by atoms with Crippen molar-refractivity contribution in [1.29, 1.82) is 0 Å². The summed E-state index contributed by atoms with van der Waals surface area (Å²) >= 11 is 0. The molecule has 0 saturated heterocycles. The zero-order valence-electron chi connectivity index (χ0n) is 14.4. The smallest absolute Gasteiger partial charge is 0.392 e. The molecular formula is C15H25F4NO4S. The van der Waals surface area contributed by atoms with Crippen molar-refractivity contribution in [2.24, 2.45) is 0 Å². The molecule has 0 heterocycles. The van der Waals surface area contributed by atoms with E-state index in [1.165, 1.54) is 0 Å². The number of ether oxygens (including phenoxy) is 1. The molecule has 0 unspecified atom stereocenters. The Morgan fingerprint density at radius 2 is 1.60 bits per heavy atom. The van der Waals surface area contributed by atoms with E-state index in [2.05, 4.69) is 11.3 Å². The van der Waals surface area contributed by atoms with Crippen LogP contribution in [-0.2, 0) is 19.6 Å². The van der Waals surface area contributed by atoms with Crippen molar-refractivity contribution in [3.05, 3.63) is 12.7 Å². The molecule has 0 N–H and O–H groups in total. The molecule has 0 rings (SSSR count). The third-order valence-corrected chi connectivity index (χ3v) is 5.40. The zero-order valence-corrected chi connectivity index (χ0v) is 15.3. The van der Waals surface area contributed by atoms with Crippen LogP contribution in [0.3, 0.4) is 0 Å². The van der Waals surface area contributed by atoms with Crippen LogP contribution < -0.4 is 0 Å². The molecule has 0 aliphatic rings. The van der Waals surface area contributed by atoms with Gasteiger partial charge in [-0.1, -0.05) is 52.5 Å². The van der Waals surface area contributed by atoms with Crippen LogP contribution in [0.15, 0.2) is 12.7 Å². The van der Waals surface area contributed by atoms with E-state index in [9.17, 15) is 30.8 Å². The maximum absolute atomic E-state index is 14.0. The van der Waals surface area contributed by atoms with Gasteiger partial charge < -0.3 is 4.74 Å².